The van der Waals surface area contributed by atoms with E-state index >= 15 is 0 Å². The van der Waals surface area contributed by atoms with Crippen molar-refractivity contribution in [2.45, 2.75) is 18.9 Å². The zero-order chi connectivity index (χ0) is 16.7. The van der Waals surface area contributed by atoms with Gasteiger partial charge in [-0.1, -0.05) is 23.2 Å². The Bertz CT molecular complexity index is 807. The van der Waals surface area contributed by atoms with Crippen molar-refractivity contribution in [1.29, 1.82) is 0 Å². The number of carbonyl (C=O) groups is 1. The Labute approximate surface area is 142 Å². The number of anilines is 1. The number of carboxylic acids is 1. The molecular formula is C16H13Cl2NO4. The average Bonchev–Trinajstić information content (AvgIpc) is 2.89. The topological polar surface area (TPSA) is 89.8 Å². The third-order valence-corrected chi connectivity index (χ3v) is 4.57. The van der Waals surface area contributed by atoms with E-state index in [-0.39, 0.29) is 28.1 Å². The van der Waals surface area contributed by atoms with Gasteiger partial charge in [-0.05, 0) is 36.6 Å². The first-order chi connectivity index (χ1) is 10.9. The Balaban J connectivity index is 1.93. The van der Waals surface area contributed by atoms with Crippen molar-refractivity contribution in [2.24, 2.45) is 0 Å². The molecule has 0 bridgehead atoms. The molecule has 1 aliphatic carbocycles. The van der Waals surface area contributed by atoms with E-state index < -0.39 is 5.97 Å². The second kappa shape index (κ2) is 5.83. The summed E-state index contributed by atoms with van der Waals surface area (Å²) in [5, 5.41) is 32.8. The van der Waals surface area contributed by atoms with E-state index in [0.717, 1.165) is 5.56 Å². The first-order valence-electron chi connectivity index (χ1n) is 6.91. The van der Waals surface area contributed by atoms with Crippen molar-refractivity contribution >= 4 is 34.9 Å². The van der Waals surface area contributed by atoms with Gasteiger partial charge in [0.15, 0.2) is 0 Å². The number of fused-ring (bicyclic) bond motifs is 1. The molecule has 0 saturated heterocycles. The third kappa shape index (κ3) is 2.78. The Kier molecular flexibility index (Phi) is 4.00. The molecule has 0 aliphatic heterocycles. The Hall–Kier alpha value is -2.11. The summed E-state index contributed by atoms with van der Waals surface area (Å²) < 4.78 is 0. The van der Waals surface area contributed by atoms with Crippen LogP contribution in [0.15, 0.2) is 24.3 Å². The van der Waals surface area contributed by atoms with Crippen LogP contribution in [-0.4, -0.2) is 21.3 Å². The van der Waals surface area contributed by atoms with E-state index in [4.69, 9.17) is 28.3 Å². The quantitative estimate of drug-likeness (QED) is 0.663. The SMILES string of the molecule is O=C(O)c1ccc(NC2CCc3c(Cl)cc(Cl)c(O)c32)cc1O. The fourth-order valence-electron chi connectivity index (χ4n) is 2.88. The van der Waals surface area contributed by atoms with Crippen molar-refractivity contribution in [3.63, 3.8) is 0 Å². The summed E-state index contributed by atoms with van der Waals surface area (Å²) in [6.07, 6.45) is 1.39. The molecule has 0 heterocycles. The molecular weight excluding hydrogens is 341 g/mol. The average molecular weight is 354 g/mol. The minimum Gasteiger partial charge on any atom is -0.507 e. The predicted octanol–water partition coefficient (Wildman–Crippen LogP) is 4.20. The lowest BCUT2D eigenvalue weighted by molar-refractivity contribution is 0.0694. The van der Waals surface area contributed by atoms with Crippen LogP contribution in [0.5, 0.6) is 11.5 Å². The molecule has 1 aliphatic rings. The third-order valence-electron chi connectivity index (χ3n) is 3.95. The maximum atomic E-state index is 10.9. The molecule has 0 fully saturated rings. The van der Waals surface area contributed by atoms with Gasteiger partial charge in [0.05, 0.1) is 11.1 Å². The van der Waals surface area contributed by atoms with Crippen LogP contribution in [0.3, 0.4) is 0 Å². The smallest absolute Gasteiger partial charge is 0.339 e. The van der Waals surface area contributed by atoms with Crippen LogP contribution in [0.1, 0.15) is 33.9 Å². The van der Waals surface area contributed by atoms with Crippen LogP contribution < -0.4 is 5.32 Å². The Morgan fingerprint density at radius 3 is 2.57 bits per heavy atom. The van der Waals surface area contributed by atoms with Gasteiger partial charge in [-0.25, -0.2) is 4.79 Å². The van der Waals surface area contributed by atoms with E-state index in [1.54, 1.807) is 6.07 Å². The van der Waals surface area contributed by atoms with Gasteiger partial charge in [0.25, 0.3) is 0 Å². The van der Waals surface area contributed by atoms with Gasteiger partial charge in [-0.2, -0.15) is 0 Å². The summed E-state index contributed by atoms with van der Waals surface area (Å²) in [7, 11) is 0. The lowest BCUT2D eigenvalue weighted by atomic mass is 10.1. The largest absolute Gasteiger partial charge is 0.507 e. The van der Waals surface area contributed by atoms with Gasteiger partial charge in [0.1, 0.15) is 17.1 Å². The summed E-state index contributed by atoms with van der Waals surface area (Å²) in [4.78, 5) is 10.9. The molecule has 1 atom stereocenters. The summed E-state index contributed by atoms with van der Waals surface area (Å²) in [6.45, 7) is 0. The number of aromatic hydroxyl groups is 2. The van der Waals surface area contributed by atoms with Crippen LogP contribution in [0.4, 0.5) is 5.69 Å². The fraction of sp³-hybridized carbons (Fsp3) is 0.188. The van der Waals surface area contributed by atoms with E-state index in [2.05, 4.69) is 5.32 Å². The van der Waals surface area contributed by atoms with E-state index in [0.29, 0.717) is 29.1 Å². The van der Waals surface area contributed by atoms with Crippen LogP contribution >= 0.6 is 23.2 Å². The minimum absolute atomic E-state index is 0.00700. The maximum absolute atomic E-state index is 10.9. The molecule has 0 radical (unpaired) electrons. The lowest BCUT2D eigenvalue weighted by Crippen LogP contribution is -2.08. The van der Waals surface area contributed by atoms with Crippen LogP contribution in [0.2, 0.25) is 10.0 Å². The van der Waals surface area contributed by atoms with Crippen LogP contribution in [-0.2, 0) is 6.42 Å². The first kappa shape index (κ1) is 15.8. The van der Waals surface area contributed by atoms with E-state index in [1.165, 1.54) is 18.2 Å². The minimum atomic E-state index is -1.20. The van der Waals surface area contributed by atoms with Gasteiger partial charge in [-0.3, -0.25) is 0 Å². The van der Waals surface area contributed by atoms with Crippen molar-refractivity contribution in [3.8, 4) is 11.5 Å². The van der Waals surface area contributed by atoms with Gasteiger partial charge in [0, 0.05) is 22.3 Å². The summed E-state index contributed by atoms with van der Waals surface area (Å²) in [6, 6.07) is 5.51. The molecule has 23 heavy (non-hydrogen) atoms. The number of benzene rings is 2. The fourth-order valence-corrected chi connectivity index (χ4v) is 3.45. The molecule has 1 unspecified atom stereocenters. The highest BCUT2D eigenvalue weighted by molar-refractivity contribution is 6.36. The van der Waals surface area contributed by atoms with Gasteiger partial charge < -0.3 is 20.6 Å². The van der Waals surface area contributed by atoms with Gasteiger partial charge >= 0.3 is 5.97 Å². The number of hydrogen-bond donors (Lipinski definition) is 4. The number of rotatable bonds is 3. The van der Waals surface area contributed by atoms with Crippen molar-refractivity contribution < 1.29 is 20.1 Å². The molecule has 7 heteroatoms. The molecule has 0 spiro atoms. The van der Waals surface area contributed by atoms with E-state index in [9.17, 15) is 15.0 Å². The van der Waals surface area contributed by atoms with Crippen LogP contribution in [0.25, 0.3) is 0 Å². The molecule has 0 saturated carbocycles. The molecule has 0 amide bonds. The Morgan fingerprint density at radius 2 is 1.91 bits per heavy atom. The van der Waals surface area contributed by atoms with Crippen LogP contribution in [0, 0.1) is 0 Å². The standard InChI is InChI=1S/C16H13Cl2NO4/c17-10-6-11(18)15(21)14-8(10)3-4-12(14)19-7-1-2-9(16(22)23)13(20)5-7/h1-2,5-6,12,19-21H,3-4H2,(H,22,23). The second-order valence-corrected chi connectivity index (χ2v) is 6.17. The molecule has 0 aromatic heterocycles. The monoisotopic (exact) mass is 353 g/mol. The predicted molar refractivity (Wildman–Crippen MR) is 87.9 cm³/mol. The number of hydrogen-bond acceptors (Lipinski definition) is 4. The highest BCUT2D eigenvalue weighted by Crippen LogP contribution is 2.46. The lowest BCUT2D eigenvalue weighted by Gasteiger charge is -2.18. The highest BCUT2D eigenvalue weighted by atomic mass is 35.5. The Morgan fingerprint density at radius 1 is 1.17 bits per heavy atom. The molecule has 3 rings (SSSR count). The molecule has 2 aromatic rings. The van der Waals surface area contributed by atoms with Crippen molar-refractivity contribution in [2.75, 3.05) is 5.32 Å². The molecule has 5 nitrogen and oxygen atoms in total. The van der Waals surface area contributed by atoms with E-state index in [1.807, 2.05) is 0 Å². The number of phenolic OH excluding ortho intramolecular Hbond substituents is 1. The second-order valence-electron chi connectivity index (χ2n) is 5.35. The maximum Gasteiger partial charge on any atom is 0.339 e. The summed E-state index contributed by atoms with van der Waals surface area (Å²) in [5.74, 6) is -1.53. The summed E-state index contributed by atoms with van der Waals surface area (Å²) in [5.41, 5.74) is 1.86. The normalized spacial score (nSPS) is 16.2. The number of carboxylic acid groups (broad SMARTS) is 1. The van der Waals surface area contributed by atoms with Gasteiger partial charge in [0.2, 0.25) is 0 Å². The molecule has 4 N–H and O–H groups in total. The molecule has 120 valence electrons. The number of halogens is 2. The first-order valence-corrected chi connectivity index (χ1v) is 7.66. The number of nitrogens with one attached hydrogen (secondary N) is 1. The molecule has 2 aromatic carbocycles. The number of phenols is 2. The number of aromatic carboxylic acids is 1. The van der Waals surface area contributed by atoms with Crippen molar-refractivity contribution in [1.82, 2.24) is 0 Å². The highest BCUT2D eigenvalue weighted by Gasteiger charge is 2.29. The zero-order valence-corrected chi connectivity index (χ0v) is 13.3. The zero-order valence-electron chi connectivity index (χ0n) is 11.8. The summed E-state index contributed by atoms with van der Waals surface area (Å²) >= 11 is 12.1. The van der Waals surface area contributed by atoms with Gasteiger partial charge in [-0.15, -0.1) is 0 Å². The van der Waals surface area contributed by atoms with Crippen molar-refractivity contribution in [3.05, 3.63) is 51.0 Å².